The minimum absolute atomic E-state index is 0.639. The van der Waals surface area contributed by atoms with Crippen LogP contribution >= 0.6 is 0 Å². The van der Waals surface area contributed by atoms with Crippen LogP contribution in [0.5, 0.6) is 0 Å². The van der Waals surface area contributed by atoms with Crippen molar-refractivity contribution < 1.29 is 0 Å². The second-order valence-electron chi connectivity index (χ2n) is 4.52. The van der Waals surface area contributed by atoms with Gasteiger partial charge in [0.2, 0.25) is 0 Å². The van der Waals surface area contributed by atoms with Gasteiger partial charge in [0.15, 0.2) is 0 Å². The maximum absolute atomic E-state index is 2.36. The second kappa shape index (κ2) is 4.21. The molecule has 1 aromatic rings. The lowest BCUT2D eigenvalue weighted by Crippen LogP contribution is -2.02. The van der Waals surface area contributed by atoms with Gasteiger partial charge in [0.25, 0.3) is 0 Å². The lowest BCUT2D eigenvalue weighted by molar-refractivity contribution is 0.841. The average molecular weight is 188 g/mol. The highest BCUT2D eigenvalue weighted by Crippen LogP contribution is 2.27. The minimum atomic E-state index is 0.639. The van der Waals surface area contributed by atoms with Gasteiger partial charge in [0.05, 0.1) is 0 Å². The molecule has 0 radical (unpaired) electrons. The zero-order chi connectivity index (χ0) is 10.9. The molecule has 0 aliphatic rings. The first kappa shape index (κ1) is 11.4. The molecule has 0 nitrogen and oxygen atoms in total. The van der Waals surface area contributed by atoms with Crippen LogP contribution in [-0.2, 0) is 6.32 Å². The molecule has 0 aromatic heterocycles. The van der Waals surface area contributed by atoms with Crippen LogP contribution < -0.4 is 0 Å². The van der Waals surface area contributed by atoms with Crippen molar-refractivity contribution in [3.05, 3.63) is 33.9 Å². The van der Waals surface area contributed by atoms with Crippen LogP contribution in [0.15, 0.2) is 6.07 Å². The van der Waals surface area contributed by atoms with Gasteiger partial charge in [-0.1, -0.05) is 31.8 Å². The highest BCUT2D eigenvalue weighted by atomic mass is 14.2. The van der Waals surface area contributed by atoms with E-state index in [1.165, 1.54) is 22.3 Å². The Labute approximate surface area is 89.1 Å². The van der Waals surface area contributed by atoms with Crippen molar-refractivity contribution in [2.45, 2.75) is 46.9 Å². The van der Waals surface area contributed by atoms with Crippen LogP contribution in [0.4, 0.5) is 0 Å². The fourth-order valence-corrected chi connectivity index (χ4v) is 2.44. The molecule has 1 aromatic carbocycles. The van der Waals surface area contributed by atoms with E-state index in [1.807, 2.05) is 0 Å². The summed E-state index contributed by atoms with van der Waals surface area (Å²) >= 11 is 0. The quantitative estimate of drug-likeness (QED) is 0.626. The standard InChI is InChI=1S/C13H21B/c1-8(2)13-9(3)6-12(7-14)10(4)11(13)5/h6,8H,7,14H2,1-5H3. The maximum Gasteiger partial charge on any atom is 0.107 e. The van der Waals surface area contributed by atoms with Crippen LogP contribution in [0.1, 0.15) is 47.6 Å². The molecule has 0 fully saturated rings. The Hall–Kier alpha value is -0.715. The van der Waals surface area contributed by atoms with Crippen molar-refractivity contribution in [3.63, 3.8) is 0 Å². The molecule has 0 aliphatic carbocycles. The monoisotopic (exact) mass is 188 g/mol. The van der Waals surface area contributed by atoms with Crippen molar-refractivity contribution in [1.82, 2.24) is 0 Å². The Morgan fingerprint density at radius 1 is 1.14 bits per heavy atom. The van der Waals surface area contributed by atoms with Crippen LogP contribution in [0.3, 0.4) is 0 Å². The number of aryl methyl sites for hydroxylation is 1. The van der Waals surface area contributed by atoms with Crippen LogP contribution in [0, 0.1) is 20.8 Å². The first-order valence-electron chi connectivity index (χ1n) is 5.58. The number of benzene rings is 1. The molecule has 14 heavy (non-hydrogen) atoms. The third-order valence-electron chi connectivity index (χ3n) is 3.22. The van der Waals surface area contributed by atoms with Crippen molar-refractivity contribution in [2.75, 3.05) is 0 Å². The molecular weight excluding hydrogens is 167 g/mol. The van der Waals surface area contributed by atoms with E-state index < -0.39 is 0 Å². The molecule has 0 N–H and O–H groups in total. The van der Waals surface area contributed by atoms with Crippen LogP contribution in [0.2, 0.25) is 0 Å². The van der Waals surface area contributed by atoms with Crippen molar-refractivity contribution >= 4 is 7.85 Å². The van der Waals surface area contributed by atoms with E-state index in [0.717, 1.165) is 6.32 Å². The SMILES string of the molecule is BCc1cc(C)c(C(C)C)c(C)c1C. The smallest absolute Gasteiger partial charge is 0.0587 e. The minimum Gasteiger partial charge on any atom is -0.0587 e. The highest BCUT2D eigenvalue weighted by Gasteiger charge is 2.11. The fourth-order valence-electron chi connectivity index (χ4n) is 2.44. The van der Waals surface area contributed by atoms with Crippen molar-refractivity contribution in [1.29, 1.82) is 0 Å². The predicted octanol–water partition coefficient (Wildman–Crippen LogP) is 2.87. The molecule has 0 spiro atoms. The first-order chi connectivity index (χ1) is 6.49. The van der Waals surface area contributed by atoms with E-state index in [1.54, 1.807) is 5.56 Å². The summed E-state index contributed by atoms with van der Waals surface area (Å²) in [5, 5.41) is 0. The zero-order valence-corrected chi connectivity index (χ0v) is 10.4. The van der Waals surface area contributed by atoms with E-state index in [-0.39, 0.29) is 0 Å². The second-order valence-corrected chi connectivity index (χ2v) is 4.52. The summed E-state index contributed by atoms with van der Waals surface area (Å²) < 4.78 is 0. The lowest BCUT2D eigenvalue weighted by atomic mass is 9.84. The van der Waals surface area contributed by atoms with Gasteiger partial charge in [-0.25, -0.2) is 0 Å². The molecule has 0 atom stereocenters. The van der Waals surface area contributed by atoms with E-state index in [2.05, 4.69) is 48.5 Å². The summed E-state index contributed by atoms with van der Waals surface area (Å²) in [6.07, 6.45) is 1.14. The topological polar surface area (TPSA) is 0 Å². The number of hydrogen-bond acceptors (Lipinski definition) is 0. The van der Waals surface area contributed by atoms with Gasteiger partial charge in [-0.3, -0.25) is 0 Å². The largest absolute Gasteiger partial charge is 0.107 e. The third kappa shape index (κ3) is 1.87. The van der Waals surface area contributed by atoms with E-state index in [0.29, 0.717) is 5.92 Å². The molecule has 0 unspecified atom stereocenters. The molecule has 0 amide bonds. The van der Waals surface area contributed by atoms with Gasteiger partial charge in [0.1, 0.15) is 7.85 Å². The van der Waals surface area contributed by atoms with Crippen LogP contribution in [-0.4, -0.2) is 7.85 Å². The Morgan fingerprint density at radius 2 is 1.71 bits per heavy atom. The van der Waals surface area contributed by atoms with Crippen molar-refractivity contribution in [2.24, 2.45) is 0 Å². The summed E-state index contributed by atoms with van der Waals surface area (Å²) in [5.41, 5.74) is 7.49. The van der Waals surface area contributed by atoms with Gasteiger partial charge in [-0.2, -0.15) is 0 Å². The molecular formula is C13H21B. The Morgan fingerprint density at radius 3 is 2.14 bits per heavy atom. The molecule has 76 valence electrons. The third-order valence-corrected chi connectivity index (χ3v) is 3.22. The number of hydrogen-bond donors (Lipinski definition) is 0. The molecule has 0 saturated heterocycles. The Kier molecular flexibility index (Phi) is 3.41. The average Bonchev–Trinajstić information content (AvgIpc) is 2.10. The molecule has 0 aliphatic heterocycles. The van der Waals surface area contributed by atoms with Gasteiger partial charge in [0, 0.05) is 0 Å². The first-order valence-corrected chi connectivity index (χ1v) is 5.58. The Bertz CT molecular complexity index is 338. The summed E-state index contributed by atoms with van der Waals surface area (Å²) in [6.45, 7) is 11.3. The summed E-state index contributed by atoms with van der Waals surface area (Å²) in [4.78, 5) is 0. The lowest BCUT2D eigenvalue weighted by Gasteiger charge is -2.18. The van der Waals surface area contributed by atoms with Gasteiger partial charge in [-0.15, -0.1) is 0 Å². The van der Waals surface area contributed by atoms with E-state index >= 15 is 0 Å². The summed E-state index contributed by atoms with van der Waals surface area (Å²) in [6, 6.07) is 2.36. The molecule has 1 heteroatoms. The maximum atomic E-state index is 2.36. The number of rotatable bonds is 2. The van der Waals surface area contributed by atoms with Gasteiger partial charge < -0.3 is 0 Å². The summed E-state index contributed by atoms with van der Waals surface area (Å²) in [7, 11) is 2.23. The van der Waals surface area contributed by atoms with E-state index in [4.69, 9.17) is 0 Å². The predicted molar refractivity (Wildman–Crippen MR) is 67.0 cm³/mol. The van der Waals surface area contributed by atoms with Gasteiger partial charge in [-0.05, 0) is 48.9 Å². The van der Waals surface area contributed by atoms with Crippen LogP contribution in [0.25, 0.3) is 0 Å². The Balaban J connectivity index is 3.41. The molecule has 1 rings (SSSR count). The van der Waals surface area contributed by atoms with E-state index in [9.17, 15) is 0 Å². The van der Waals surface area contributed by atoms with Gasteiger partial charge >= 0.3 is 0 Å². The molecule has 0 saturated carbocycles. The highest BCUT2D eigenvalue weighted by molar-refractivity contribution is 6.08. The fraction of sp³-hybridized carbons (Fsp3) is 0.538. The molecule has 0 heterocycles. The van der Waals surface area contributed by atoms with Crippen molar-refractivity contribution in [3.8, 4) is 0 Å². The molecule has 0 bridgehead atoms. The summed E-state index contributed by atoms with van der Waals surface area (Å²) in [5.74, 6) is 0.639. The normalized spacial score (nSPS) is 11.0. The zero-order valence-electron chi connectivity index (χ0n) is 10.4.